The van der Waals surface area contributed by atoms with Crippen LogP contribution >= 0.6 is 0 Å². The van der Waals surface area contributed by atoms with Gasteiger partial charge in [-0.1, -0.05) is 20.8 Å². The zero-order chi connectivity index (χ0) is 9.15. The molecule has 2 nitrogen and oxygen atoms in total. The molecule has 0 aliphatic heterocycles. The average Bonchev–Trinajstić information content (AvgIpc) is 2.18. The van der Waals surface area contributed by atoms with Crippen LogP contribution in [-0.2, 0) is 0 Å². The summed E-state index contributed by atoms with van der Waals surface area (Å²) >= 11 is 0. The van der Waals surface area contributed by atoms with E-state index in [9.17, 15) is 10.2 Å². The van der Waals surface area contributed by atoms with Gasteiger partial charge in [0.25, 0.3) is 0 Å². The van der Waals surface area contributed by atoms with Crippen molar-refractivity contribution in [1.82, 2.24) is 0 Å². The number of fused-ring (bicyclic) bond motifs is 2. The molecule has 12 heavy (non-hydrogen) atoms. The molecule has 2 aliphatic carbocycles. The number of aliphatic hydroxyl groups excluding tert-OH is 2. The SMILES string of the molecule is CC1(C)[C@H]2C[C@@H](O)[C@@]1(C)C[C@H]2O. The molecule has 0 aromatic rings. The molecule has 0 amide bonds. The van der Waals surface area contributed by atoms with Crippen LogP contribution < -0.4 is 0 Å². The molecule has 2 bridgehead atoms. The van der Waals surface area contributed by atoms with Crippen molar-refractivity contribution in [3.05, 3.63) is 0 Å². The molecule has 0 aromatic carbocycles. The molecule has 2 aliphatic rings. The number of aliphatic hydroxyl groups is 2. The summed E-state index contributed by atoms with van der Waals surface area (Å²) in [6.07, 6.45) is 1.16. The third kappa shape index (κ3) is 0.686. The first-order valence-electron chi connectivity index (χ1n) is 4.76. The lowest BCUT2D eigenvalue weighted by Gasteiger charge is -2.36. The van der Waals surface area contributed by atoms with Gasteiger partial charge in [0.1, 0.15) is 0 Å². The number of hydrogen-bond donors (Lipinski definition) is 2. The van der Waals surface area contributed by atoms with Gasteiger partial charge >= 0.3 is 0 Å². The third-order valence-electron chi connectivity index (χ3n) is 4.71. The van der Waals surface area contributed by atoms with Gasteiger partial charge in [-0.25, -0.2) is 0 Å². The summed E-state index contributed by atoms with van der Waals surface area (Å²) in [4.78, 5) is 0. The molecule has 2 N–H and O–H groups in total. The van der Waals surface area contributed by atoms with E-state index in [1.165, 1.54) is 0 Å². The van der Waals surface area contributed by atoms with E-state index in [0.29, 0.717) is 5.92 Å². The highest BCUT2D eigenvalue weighted by molar-refractivity contribution is 5.13. The molecule has 0 saturated heterocycles. The fourth-order valence-electron chi connectivity index (χ4n) is 3.26. The molecule has 0 heterocycles. The lowest BCUT2D eigenvalue weighted by molar-refractivity contribution is -0.00727. The molecule has 70 valence electrons. The van der Waals surface area contributed by atoms with Gasteiger partial charge in [0.15, 0.2) is 0 Å². The minimum absolute atomic E-state index is 0.0584. The molecule has 2 heteroatoms. The van der Waals surface area contributed by atoms with Crippen molar-refractivity contribution in [2.24, 2.45) is 16.7 Å². The second-order valence-corrected chi connectivity index (χ2v) is 5.27. The van der Waals surface area contributed by atoms with Gasteiger partial charge in [0.2, 0.25) is 0 Å². The highest BCUT2D eigenvalue weighted by atomic mass is 16.3. The Kier molecular flexibility index (Phi) is 1.45. The second-order valence-electron chi connectivity index (χ2n) is 5.27. The van der Waals surface area contributed by atoms with Crippen molar-refractivity contribution >= 4 is 0 Å². The summed E-state index contributed by atoms with van der Waals surface area (Å²) in [6.45, 7) is 6.45. The minimum Gasteiger partial charge on any atom is -0.393 e. The summed E-state index contributed by atoms with van der Waals surface area (Å²) in [7, 11) is 0. The predicted octanol–water partition coefficient (Wildman–Crippen LogP) is 1.16. The highest BCUT2D eigenvalue weighted by Gasteiger charge is 2.64. The van der Waals surface area contributed by atoms with Crippen LogP contribution in [0.2, 0.25) is 0 Å². The number of rotatable bonds is 0. The van der Waals surface area contributed by atoms with Crippen LogP contribution in [0.15, 0.2) is 0 Å². The molecule has 4 atom stereocenters. The van der Waals surface area contributed by atoms with Crippen LogP contribution in [0.3, 0.4) is 0 Å². The van der Waals surface area contributed by atoms with E-state index in [2.05, 4.69) is 20.8 Å². The van der Waals surface area contributed by atoms with Gasteiger partial charge in [-0.2, -0.15) is 0 Å². The van der Waals surface area contributed by atoms with E-state index >= 15 is 0 Å². The van der Waals surface area contributed by atoms with Crippen LogP contribution in [-0.4, -0.2) is 22.4 Å². The molecular formula is C10H18O2. The molecule has 2 rings (SSSR count). The first-order chi connectivity index (χ1) is 5.39. The Morgan fingerprint density at radius 1 is 1.17 bits per heavy atom. The number of hydrogen-bond acceptors (Lipinski definition) is 2. The van der Waals surface area contributed by atoms with Gasteiger partial charge in [-0.3, -0.25) is 0 Å². The van der Waals surface area contributed by atoms with Crippen LogP contribution in [0.1, 0.15) is 33.6 Å². The van der Waals surface area contributed by atoms with Crippen molar-refractivity contribution in [2.45, 2.75) is 45.8 Å². The molecule has 0 unspecified atom stereocenters. The third-order valence-corrected chi connectivity index (χ3v) is 4.71. The molecule has 0 spiro atoms. The van der Waals surface area contributed by atoms with Crippen LogP contribution in [0.4, 0.5) is 0 Å². The van der Waals surface area contributed by atoms with E-state index in [0.717, 1.165) is 12.8 Å². The zero-order valence-corrected chi connectivity index (χ0v) is 8.04. The minimum atomic E-state index is -0.208. The molecule has 0 radical (unpaired) electrons. The fourth-order valence-corrected chi connectivity index (χ4v) is 3.26. The van der Waals surface area contributed by atoms with Crippen molar-refractivity contribution in [3.63, 3.8) is 0 Å². The smallest absolute Gasteiger partial charge is 0.0603 e. The monoisotopic (exact) mass is 170 g/mol. The van der Waals surface area contributed by atoms with Gasteiger partial charge in [-0.15, -0.1) is 0 Å². The van der Waals surface area contributed by atoms with E-state index in [1.807, 2.05) is 0 Å². The topological polar surface area (TPSA) is 40.5 Å². The van der Waals surface area contributed by atoms with E-state index < -0.39 is 0 Å². The maximum Gasteiger partial charge on any atom is 0.0603 e. The summed E-state index contributed by atoms with van der Waals surface area (Å²) < 4.78 is 0. The lowest BCUT2D eigenvalue weighted by atomic mass is 9.70. The molecule has 2 fully saturated rings. The standard InChI is InChI=1S/C10H18O2/c1-9(2)6-4-8(12)10(9,3)5-7(6)11/h6-8,11-12H,4-5H2,1-3H3/t6-,7+,8+,10+/m0/s1. The Morgan fingerprint density at radius 3 is 2.00 bits per heavy atom. The summed E-state index contributed by atoms with van der Waals surface area (Å²) in [6, 6.07) is 0. The Hall–Kier alpha value is -0.0800. The lowest BCUT2D eigenvalue weighted by Crippen LogP contribution is -2.36. The molecular weight excluding hydrogens is 152 g/mol. The van der Waals surface area contributed by atoms with Crippen molar-refractivity contribution in [1.29, 1.82) is 0 Å². The Balaban J connectivity index is 2.41. The zero-order valence-electron chi connectivity index (χ0n) is 8.04. The second kappa shape index (κ2) is 2.05. The summed E-state index contributed by atoms with van der Waals surface area (Å²) in [5.74, 6) is 0.303. The van der Waals surface area contributed by atoms with Gasteiger partial charge in [0.05, 0.1) is 12.2 Å². The summed E-state index contributed by atoms with van der Waals surface area (Å²) in [5, 5.41) is 19.5. The maximum absolute atomic E-state index is 9.82. The van der Waals surface area contributed by atoms with E-state index in [4.69, 9.17) is 0 Å². The largest absolute Gasteiger partial charge is 0.393 e. The van der Waals surface area contributed by atoms with E-state index in [-0.39, 0.29) is 23.0 Å². The first kappa shape index (κ1) is 8.52. The predicted molar refractivity (Wildman–Crippen MR) is 46.6 cm³/mol. The Labute approximate surface area is 73.6 Å². The van der Waals surface area contributed by atoms with Gasteiger partial charge in [0, 0.05) is 5.41 Å². The van der Waals surface area contributed by atoms with Crippen molar-refractivity contribution < 1.29 is 10.2 Å². The van der Waals surface area contributed by atoms with Crippen LogP contribution in [0.25, 0.3) is 0 Å². The molecule has 0 aromatic heterocycles. The Morgan fingerprint density at radius 2 is 1.75 bits per heavy atom. The van der Waals surface area contributed by atoms with Gasteiger partial charge < -0.3 is 10.2 Å². The Bertz CT molecular complexity index is 212. The van der Waals surface area contributed by atoms with Crippen LogP contribution in [0.5, 0.6) is 0 Å². The van der Waals surface area contributed by atoms with Gasteiger partial charge in [-0.05, 0) is 24.2 Å². The average molecular weight is 170 g/mol. The normalized spacial score (nSPS) is 56.2. The van der Waals surface area contributed by atoms with Crippen molar-refractivity contribution in [2.75, 3.05) is 0 Å². The maximum atomic E-state index is 9.82. The molecule has 2 saturated carbocycles. The fraction of sp³-hybridized carbons (Fsp3) is 1.00. The van der Waals surface area contributed by atoms with Crippen molar-refractivity contribution in [3.8, 4) is 0 Å². The highest BCUT2D eigenvalue weighted by Crippen LogP contribution is 2.65. The quantitative estimate of drug-likeness (QED) is 0.573. The first-order valence-corrected chi connectivity index (χ1v) is 4.76. The van der Waals surface area contributed by atoms with Crippen LogP contribution in [0, 0.1) is 16.7 Å². The summed E-state index contributed by atoms with van der Waals surface area (Å²) in [5.41, 5.74) is 0.0446. The van der Waals surface area contributed by atoms with E-state index in [1.54, 1.807) is 0 Å².